The van der Waals surface area contributed by atoms with E-state index in [0.717, 1.165) is 24.1 Å². The van der Waals surface area contributed by atoms with Crippen molar-refractivity contribution >= 4 is 0 Å². The molecule has 0 bridgehead atoms. The Labute approximate surface area is 97.6 Å². The fourth-order valence-electron chi connectivity index (χ4n) is 2.05. The van der Waals surface area contributed by atoms with Gasteiger partial charge >= 0.3 is 6.18 Å². The number of hydrogen-bond donors (Lipinski definition) is 1. The van der Waals surface area contributed by atoms with E-state index in [4.69, 9.17) is 10.5 Å². The standard InChI is InChI=1S/C12H14F3NO/c13-12(14,15)10-3-1-8(2-4-10)9-5-11(6-16)17-7-9/h1-4,9,11H,5-7,16H2/t9-,11-/m0/s1. The van der Waals surface area contributed by atoms with Crippen molar-refractivity contribution in [1.82, 2.24) is 0 Å². The van der Waals surface area contributed by atoms with E-state index in [1.165, 1.54) is 12.1 Å². The molecule has 1 aliphatic heterocycles. The van der Waals surface area contributed by atoms with Gasteiger partial charge in [-0.1, -0.05) is 12.1 Å². The Morgan fingerprint density at radius 1 is 1.24 bits per heavy atom. The molecular weight excluding hydrogens is 231 g/mol. The molecule has 0 radical (unpaired) electrons. The van der Waals surface area contributed by atoms with Gasteiger partial charge in [-0.3, -0.25) is 0 Å². The molecular formula is C12H14F3NO. The van der Waals surface area contributed by atoms with E-state index in [-0.39, 0.29) is 12.0 Å². The van der Waals surface area contributed by atoms with Crippen LogP contribution in [0.3, 0.4) is 0 Å². The number of benzene rings is 1. The van der Waals surface area contributed by atoms with Crippen LogP contribution in [0.25, 0.3) is 0 Å². The average Bonchev–Trinajstić information content (AvgIpc) is 2.76. The zero-order valence-electron chi connectivity index (χ0n) is 9.20. The maximum Gasteiger partial charge on any atom is 0.416 e. The highest BCUT2D eigenvalue weighted by Gasteiger charge is 2.31. The van der Waals surface area contributed by atoms with E-state index in [1.807, 2.05) is 0 Å². The molecule has 2 nitrogen and oxygen atoms in total. The van der Waals surface area contributed by atoms with E-state index in [1.54, 1.807) is 0 Å². The smallest absolute Gasteiger partial charge is 0.376 e. The summed E-state index contributed by atoms with van der Waals surface area (Å²) in [6, 6.07) is 5.28. The van der Waals surface area contributed by atoms with Gasteiger partial charge in [0.15, 0.2) is 0 Å². The van der Waals surface area contributed by atoms with E-state index >= 15 is 0 Å². The summed E-state index contributed by atoms with van der Waals surface area (Å²) < 4.78 is 42.5. The number of halogens is 3. The van der Waals surface area contributed by atoms with Crippen LogP contribution in [0.1, 0.15) is 23.5 Å². The Kier molecular flexibility index (Phi) is 3.40. The third kappa shape index (κ3) is 2.79. The van der Waals surface area contributed by atoms with Gasteiger partial charge in [-0.2, -0.15) is 13.2 Å². The van der Waals surface area contributed by atoms with Gasteiger partial charge < -0.3 is 10.5 Å². The van der Waals surface area contributed by atoms with Gasteiger partial charge in [0.05, 0.1) is 18.3 Å². The highest BCUT2D eigenvalue weighted by molar-refractivity contribution is 5.27. The molecule has 1 aliphatic rings. The van der Waals surface area contributed by atoms with Crippen LogP contribution in [0.4, 0.5) is 13.2 Å². The molecule has 1 aromatic rings. The van der Waals surface area contributed by atoms with Crippen molar-refractivity contribution in [3.63, 3.8) is 0 Å². The molecule has 1 heterocycles. The van der Waals surface area contributed by atoms with Crippen LogP contribution in [0.5, 0.6) is 0 Å². The van der Waals surface area contributed by atoms with Gasteiger partial charge in [-0.25, -0.2) is 0 Å². The minimum absolute atomic E-state index is 0.0299. The normalized spacial score (nSPS) is 25.2. The van der Waals surface area contributed by atoms with Crippen molar-refractivity contribution in [2.75, 3.05) is 13.2 Å². The molecule has 2 atom stereocenters. The minimum atomic E-state index is -4.27. The van der Waals surface area contributed by atoms with Crippen molar-refractivity contribution < 1.29 is 17.9 Å². The molecule has 0 spiro atoms. The maximum atomic E-state index is 12.4. The lowest BCUT2D eigenvalue weighted by atomic mass is 9.95. The number of rotatable bonds is 2. The summed E-state index contributed by atoms with van der Waals surface area (Å²) in [6.45, 7) is 0.990. The molecule has 0 aliphatic carbocycles. The number of alkyl halides is 3. The van der Waals surface area contributed by atoms with Crippen LogP contribution in [-0.2, 0) is 10.9 Å². The molecule has 1 saturated heterocycles. The third-order valence-corrected chi connectivity index (χ3v) is 3.05. The summed E-state index contributed by atoms with van der Waals surface area (Å²) in [7, 11) is 0. The van der Waals surface area contributed by atoms with Crippen molar-refractivity contribution in [2.24, 2.45) is 5.73 Å². The largest absolute Gasteiger partial charge is 0.416 e. The van der Waals surface area contributed by atoms with Crippen LogP contribution in [0.2, 0.25) is 0 Å². The Morgan fingerprint density at radius 3 is 2.35 bits per heavy atom. The lowest BCUT2D eigenvalue weighted by Crippen LogP contribution is -2.18. The van der Waals surface area contributed by atoms with Crippen LogP contribution in [0, 0.1) is 0 Å². The monoisotopic (exact) mass is 245 g/mol. The maximum absolute atomic E-state index is 12.4. The first-order valence-electron chi connectivity index (χ1n) is 5.49. The van der Waals surface area contributed by atoms with Crippen LogP contribution in [0.15, 0.2) is 24.3 Å². The molecule has 1 aromatic carbocycles. The van der Waals surface area contributed by atoms with Gasteiger partial charge in [-0.05, 0) is 24.1 Å². The first-order valence-corrected chi connectivity index (χ1v) is 5.49. The Hall–Kier alpha value is -1.07. The summed E-state index contributed by atoms with van der Waals surface area (Å²) in [4.78, 5) is 0. The molecule has 0 amide bonds. The summed E-state index contributed by atoms with van der Waals surface area (Å²) in [5.41, 5.74) is 5.75. The van der Waals surface area contributed by atoms with Gasteiger partial charge in [0.1, 0.15) is 0 Å². The number of ether oxygens (including phenoxy) is 1. The fraction of sp³-hybridized carbons (Fsp3) is 0.500. The van der Waals surface area contributed by atoms with Crippen molar-refractivity contribution in [3.05, 3.63) is 35.4 Å². The summed E-state index contributed by atoms with van der Waals surface area (Å²) >= 11 is 0. The molecule has 2 rings (SSSR count). The first kappa shape index (κ1) is 12.4. The lowest BCUT2D eigenvalue weighted by Gasteiger charge is -2.11. The van der Waals surface area contributed by atoms with E-state index in [2.05, 4.69) is 0 Å². The van der Waals surface area contributed by atoms with E-state index in [0.29, 0.717) is 13.2 Å². The van der Waals surface area contributed by atoms with E-state index < -0.39 is 11.7 Å². The van der Waals surface area contributed by atoms with Crippen molar-refractivity contribution in [3.8, 4) is 0 Å². The molecule has 94 valence electrons. The number of nitrogens with two attached hydrogens (primary N) is 1. The summed E-state index contributed by atoms with van der Waals surface area (Å²) in [5, 5.41) is 0. The second-order valence-electron chi connectivity index (χ2n) is 4.24. The van der Waals surface area contributed by atoms with Crippen LogP contribution >= 0.6 is 0 Å². The summed E-state index contributed by atoms with van der Waals surface area (Å²) in [6.07, 6.45) is -3.46. The van der Waals surface area contributed by atoms with Gasteiger partial charge in [0, 0.05) is 12.5 Å². The Bertz CT molecular complexity index is 374. The molecule has 0 saturated carbocycles. The quantitative estimate of drug-likeness (QED) is 0.869. The first-order chi connectivity index (χ1) is 8.00. The van der Waals surface area contributed by atoms with Crippen molar-refractivity contribution in [1.29, 1.82) is 0 Å². The average molecular weight is 245 g/mol. The molecule has 0 unspecified atom stereocenters. The second-order valence-corrected chi connectivity index (χ2v) is 4.24. The van der Waals surface area contributed by atoms with E-state index in [9.17, 15) is 13.2 Å². The molecule has 5 heteroatoms. The van der Waals surface area contributed by atoms with Crippen molar-refractivity contribution in [2.45, 2.75) is 24.6 Å². The number of hydrogen-bond acceptors (Lipinski definition) is 2. The van der Waals surface area contributed by atoms with Crippen LogP contribution in [-0.4, -0.2) is 19.3 Å². The molecule has 1 fully saturated rings. The Morgan fingerprint density at radius 2 is 1.88 bits per heavy atom. The molecule has 0 aromatic heterocycles. The zero-order valence-corrected chi connectivity index (χ0v) is 9.20. The Balaban J connectivity index is 2.09. The zero-order chi connectivity index (χ0) is 12.5. The summed E-state index contributed by atoms with van der Waals surface area (Å²) in [5.74, 6) is 0.158. The SMILES string of the molecule is NC[C@@H]1C[C@H](c2ccc(C(F)(F)F)cc2)CO1. The minimum Gasteiger partial charge on any atom is -0.376 e. The highest BCUT2D eigenvalue weighted by Crippen LogP contribution is 2.33. The highest BCUT2D eigenvalue weighted by atomic mass is 19.4. The van der Waals surface area contributed by atoms with Crippen LogP contribution < -0.4 is 5.73 Å². The fourth-order valence-corrected chi connectivity index (χ4v) is 2.05. The second kappa shape index (κ2) is 4.66. The lowest BCUT2D eigenvalue weighted by molar-refractivity contribution is -0.137. The predicted octanol–water partition coefficient (Wildman–Crippen LogP) is 2.54. The topological polar surface area (TPSA) is 35.2 Å². The van der Waals surface area contributed by atoms with Gasteiger partial charge in [0.25, 0.3) is 0 Å². The van der Waals surface area contributed by atoms with Gasteiger partial charge in [-0.15, -0.1) is 0 Å². The predicted molar refractivity (Wildman–Crippen MR) is 57.6 cm³/mol. The molecule has 17 heavy (non-hydrogen) atoms. The third-order valence-electron chi connectivity index (χ3n) is 3.05. The molecule has 2 N–H and O–H groups in total. The van der Waals surface area contributed by atoms with Gasteiger partial charge in [0.2, 0.25) is 0 Å².